The Balaban J connectivity index is 1.92. The Kier molecular flexibility index (Phi) is 14.5. The van der Waals surface area contributed by atoms with Gasteiger partial charge in [0.05, 0.1) is 26.4 Å². The van der Waals surface area contributed by atoms with E-state index in [1.807, 2.05) is 80.7 Å². The van der Waals surface area contributed by atoms with Crippen molar-refractivity contribution in [3.05, 3.63) is 77.3 Å². The quantitative estimate of drug-likeness (QED) is 0.148. The Morgan fingerprint density at radius 1 is 0.878 bits per heavy atom. The molecule has 0 fully saturated rings. The number of hydrogen-bond donors (Lipinski definition) is 5. The van der Waals surface area contributed by atoms with Crippen LogP contribution in [0.1, 0.15) is 45.7 Å². The first-order valence-electron chi connectivity index (χ1n) is 16.0. The van der Waals surface area contributed by atoms with Crippen LogP contribution in [0.25, 0.3) is 10.6 Å². The van der Waals surface area contributed by atoms with Gasteiger partial charge in [-0.05, 0) is 28.9 Å². The highest BCUT2D eigenvalue weighted by molar-refractivity contribution is 7.13. The molecule has 0 bridgehead atoms. The lowest BCUT2D eigenvalue weighted by molar-refractivity contribution is -0.132. The SMILES string of the molecule is COC(=O)N[C@H](C(=O)N[C@@H](Cc1ccccc1)[C@@H](O)CN(Cc1ccc(-c2nccs2)cc1)NC(=O)[C@@H](NC(=O)OC)C(C)(C)C)C(C)C. The number of benzene rings is 2. The highest BCUT2D eigenvalue weighted by Crippen LogP contribution is 2.23. The molecule has 4 amide bonds. The minimum absolute atomic E-state index is 0.108. The predicted octanol–water partition coefficient (Wildman–Crippen LogP) is 3.88. The lowest BCUT2D eigenvalue weighted by Crippen LogP contribution is -2.60. The number of carbonyl (C=O) groups is 4. The summed E-state index contributed by atoms with van der Waals surface area (Å²) in [5.41, 5.74) is 4.82. The number of aliphatic hydroxyl groups is 1. The fourth-order valence-electron chi connectivity index (χ4n) is 5.06. The van der Waals surface area contributed by atoms with Gasteiger partial charge in [-0.3, -0.25) is 15.0 Å². The Morgan fingerprint density at radius 2 is 1.51 bits per heavy atom. The molecule has 0 aliphatic heterocycles. The summed E-state index contributed by atoms with van der Waals surface area (Å²) in [6, 6.07) is 14.3. The topological polar surface area (TPSA) is 171 Å². The minimum Gasteiger partial charge on any atom is -0.453 e. The van der Waals surface area contributed by atoms with E-state index in [-0.39, 0.29) is 25.4 Å². The number of carbonyl (C=O) groups excluding carboxylic acids is 4. The zero-order valence-electron chi connectivity index (χ0n) is 29.1. The van der Waals surface area contributed by atoms with Crippen molar-refractivity contribution < 1.29 is 33.8 Å². The van der Waals surface area contributed by atoms with Gasteiger partial charge in [0.25, 0.3) is 5.91 Å². The first-order valence-corrected chi connectivity index (χ1v) is 16.8. The van der Waals surface area contributed by atoms with Crippen molar-refractivity contribution in [2.24, 2.45) is 11.3 Å². The second-order valence-corrected chi connectivity index (χ2v) is 14.0. The molecule has 5 N–H and O–H groups in total. The van der Waals surface area contributed by atoms with E-state index in [0.717, 1.165) is 21.7 Å². The number of nitrogens with zero attached hydrogens (tertiary/aromatic N) is 2. The van der Waals surface area contributed by atoms with Crippen LogP contribution in [0.15, 0.2) is 66.2 Å². The third kappa shape index (κ3) is 12.1. The maximum absolute atomic E-state index is 13.7. The first kappa shape index (κ1) is 38.9. The number of ether oxygens (including phenoxy) is 2. The van der Waals surface area contributed by atoms with Crippen molar-refractivity contribution in [1.82, 2.24) is 31.4 Å². The molecule has 3 aromatic rings. The number of rotatable bonds is 15. The molecule has 0 aliphatic rings. The zero-order valence-corrected chi connectivity index (χ0v) is 29.9. The molecule has 2 aromatic carbocycles. The van der Waals surface area contributed by atoms with Crippen LogP contribution >= 0.6 is 11.3 Å². The summed E-state index contributed by atoms with van der Waals surface area (Å²) in [5.74, 6) is -1.30. The number of aromatic nitrogens is 1. The first-order chi connectivity index (χ1) is 23.2. The van der Waals surface area contributed by atoms with Crippen molar-refractivity contribution >= 4 is 35.3 Å². The van der Waals surface area contributed by atoms with Crippen LogP contribution < -0.4 is 21.4 Å². The zero-order chi connectivity index (χ0) is 36.1. The fraction of sp³-hybridized carbons (Fsp3) is 0.457. The number of methoxy groups -OCH3 is 2. The smallest absolute Gasteiger partial charge is 0.407 e. The van der Waals surface area contributed by atoms with Crippen molar-refractivity contribution in [2.75, 3.05) is 20.8 Å². The predicted molar refractivity (Wildman–Crippen MR) is 187 cm³/mol. The molecule has 266 valence electrons. The number of alkyl carbamates (subject to hydrolysis) is 2. The third-order valence-electron chi connectivity index (χ3n) is 7.76. The summed E-state index contributed by atoms with van der Waals surface area (Å²) in [4.78, 5) is 55.8. The highest BCUT2D eigenvalue weighted by Gasteiger charge is 2.35. The van der Waals surface area contributed by atoms with Crippen LogP contribution in [-0.2, 0) is 32.0 Å². The van der Waals surface area contributed by atoms with E-state index < -0.39 is 53.6 Å². The van der Waals surface area contributed by atoms with Gasteiger partial charge >= 0.3 is 12.2 Å². The summed E-state index contributed by atoms with van der Waals surface area (Å²) < 4.78 is 9.48. The summed E-state index contributed by atoms with van der Waals surface area (Å²) in [7, 11) is 2.43. The van der Waals surface area contributed by atoms with Gasteiger partial charge in [-0.15, -0.1) is 11.3 Å². The van der Waals surface area contributed by atoms with E-state index in [1.165, 1.54) is 25.6 Å². The van der Waals surface area contributed by atoms with Crippen LogP contribution in [0.5, 0.6) is 0 Å². The van der Waals surface area contributed by atoms with Crippen molar-refractivity contribution in [1.29, 1.82) is 0 Å². The van der Waals surface area contributed by atoms with Crippen LogP contribution in [0, 0.1) is 11.3 Å². The maximum atomic E-state index is 13.7. The fourth-order valence-corrected chi connectivity index (χ4v) is 5.70. The minimum atomic E-state index is -1.20. The van der Waals surface area contributed by atoms with Crippen molar-refractivity contribution in [2.45, 2.75) is 71.8 Å². The molecule has 14 heteroatoms. The maximum Gasteiger partial charge on any atom is 0.407 e. The summed E-state index contributed by atoms with van der Waals surface area (Å²) in [6.45, 7) is 9.07. The molecule has 0 aliphatic carbocycles. The van der Waals surface area contributed by atoms with Gasteiger partial charge in [0.15, 0.2) is 0 Å². The molecular formula is C35H48N6O7S. The van der Waals surface area contributed by atoms with Crippen LogP contribution in [0.2, 0.25) is 0 Å². The molecule has 0 unspecified atom stereocenters. The Hall–Kier alpha value is -4.53. The Bertz CT molecular complexity index is 1500. The summed E-state index contributed by atoms with van der Waals surface area (Å²) >= 11 is 1.52. The van der Waals surface area contributed by atoms with E-state index in [9.17, 15) is 24.3 Å². The van der Waals surface area contributed by atoms with Crippen LogP contribution in [0.3, 0.4) is 0 Å². The van der Waals surface area contributed by atoms with Crippen molar-refractivity contribution in [3.8, 4) is 10.6 Å². The van der Waals surface area contributed by atoms with Gasteiger partial charge in [0, 0.05) is 30.2 Å². The number of amides is 4. The number of hydrogen-bond acceptors (Lipinski definition) is 10. The second kappa shape index (κ2) is 18.3. The van der Waals surface area contributed by atoms with Gasteiger partial charge in [0.2, 0.25) is 5.91 Å². The standard InChI is InChI=1S/C35H48N6O7S/c1-22(2)28(38-33(45)47-6)30(43)37-26(19-23-11-9-8-10-12-23)27(42)21-41(40-31(44)29(35(3,4)5)39-34(46)48-7)20-24-13-15-25(16-14-24)32-36-17-18-49-32/h8-18,22,26-29,42H,19-21H2,1-7H3,(H,37,43)(H,38,45)(H,39,46)(H,40,44)/t26-,27-,28-,29+/m0/s1. The van der Waals surface area contributed by atoms with E-state index in [2.05, 4.69) is 26.4 Å². The molecule has 49 heavy (non-hydrogen) atoms. The number of hydrazine groups is 1. The molecule has 13 nitrogen and oxygen atoms in total. The van der Waals surface area contributed by atoms with Crippen LogP contribution in [0.4, 0.5) is 9.59 Å². The number of nitrogens with one attached hydrogen (secondary N) is 4. The molecule has 3 rings (SSSR count). The lowest BCUT2D eigenvalue weighted by atomic mass is 9.86. The Labute approximate surface area is 291 Å². The van der Waals surface area contributed by atoms with Gasteiger partial charge < -0.3 is 30.5 Å². The lowest BCUT2D eigenvalue weighted by Gasteiger charge is -2.35. The van der Waals surface area contributed by atoms with Crippen molar-refractivity contribution in [3.63, 3.8) is 0 Å². The molecule has 0 spiro atoms. The van der Waals surface area contributed by atoms with E-state index in [1.54, 1.807) is 25.1 Å². The second-order valence-electron chi connectivity index (χ2n) is 13.1. The van der Waals surface area contributed by atoms with E-state index >= 15 is 0 Å². The van der Waals surface area contributed by atoms with Gasteiger partial charge in [0.1, 0.15) is 17.1 Å². The molecule has 0 saturated carbocycles. The van der Waals surface area contributed by atoms with Gasteiger partial charge in [-0.1, -0.05) is 89.2 Å². The molecule has 4 atom stereocenters. The summed E-state index contributed by atoms with van der Waals surface area (Å²) in [6.07, 6.45) is -0.717. The number of thiazole rings is 1. The Morgan fingerprint density at radius 3 is 2.06 bits per heavy atom. The monoisotopic (exact) mass is 696 g/mol. The number of aliphatic hydroxyl groups excluding tert-OH is 1. The molecule has 0 saturated heterocycles. The molecule has 1 heterocycles. The normalized spacial score (nSPS) is 13.9. The van der Waals surface area contributed by atoms with E-state index in [4.69, 9.17) is 9.47 Å². The average Bonchev–Trinajstić information content (AvgIpc) is 3.60. The highest BCUT2D eigenvalue weighted by atomic mass is 32.1. The average molecular weight is 697 g/mol. The molecule has 0 radical (unpaired) electrons. The molecule has 1 aromatic heterocycles. The van der Waals surface area contributed by atoms with E-state index in [0.29, 0.717) is 0 Å². The molecular weight excluding hydrogens is 648 g/mol. The summed E-state index contributed by atoms with van der Waals surface area (Å²) in [5, 5.41) is 24.2. The third-order valence-corrected chi connectivity index (χ3v) is 8.58. The van der Waals surface area contributed by atoms with Gasteiger partial charge in [-0.2, -0.15) is 0 Å². The van der Waals surface area contributed by atoms with Gasteiger partial charge in [-0.25, -0.2) is 19.6 Å². The largest absolute Gasteiger partial charge is 0.453 e. The van der Waals surface area contributed by atoms with Crippen LogP contribution in [-0.4, -0.2) is 84.1 Å².